The number of nitrogens with zero attached hydrogens (tertiary/aromatic N) is 1. The molecule has 1 saturated heterocycles. The zero-order valence-electron chi connectivity index (χ0n) is 12.5. The van der Waals surface area contributed by atoms with Gasteiger partial charge in [0.15, 0.2) is 0 Å². The molecule has 1 saturated carbocycles. The van der Waals surface area contributed by atoms with E-state index in [1.54, 1.807) is 0 Å². The van der Waals surface area contributed by atoms with E-state index in [1.807, 2.05) is 24.3 Å². The van der Waals surface area contributed by atoms with Crippen molar-refractivity contribution in [1.29, 1.82) is 0 Å². The molecule has 0 bridgehead atoms. The molecule has 2 fully saturated rings. The number of benzene rings is 1. The maximum atomic E-state index is 11.7. The molecule has 1 atom stereocenters. The highest BCUT2D eigenvalue weighted by Gasteiger charge is 2.47. The summed E-state index contributed by atoms with van der Waals surface area (Å²) in [5.74, 6) is 0.0467. The second-order valence-corrected chi connectivity index (χ2v) is 6.38. The third-order valence-electron chi connectivity index (χ3n) is 4.89. The minimum atomic E-state index is -0.725. The average molecular weight is 289 g/mol. The van der Waals surface area contributed by atoms with E-state index in [9.17, 15) is 9.90 Å². The van der Waals surface area contributed by atoms with Gasteiger partial charge in [-0.05, 0) is 45.3 Å². The predicted octanol–water partition coefficient (Wildman–Crippen LogP) is 2.67. The van der Waals surface area contributed by atoms with Crippen LogP contribution in [0.4, 0.5) is 0 Å². The van der Waals surface area contributed by atoms with E-state index in [0.717, 1.165) is 43.7 Å². The van der Waals surface area contributed by atoms with Crippen LogP contribution in [-0.4, -0.2) is 42.2 Å². The largest absolute Gasteiger partial charge is 0.489 e. The van der Waals surface area contributed by atoms with Crippen molar-refractivity contribution >= 4 is 5.97 Å². The summed E-state index contributed by atoms with van der Waals surface area (Å²) in [5.41, 5.74) is 0.133. The number of hydrogen-bond donors (Lipinski definition) is 1. The van der Waals surface area contributed by atoms with Gasteiger partial charge in [-0.3, -0.25) is 4.79 Å². The molecule has 1 aliphatic carbocycles. The molecular weight excluding hydrogens is 266 g/mol. The number of rotatable bonds is 4. The smallest absolute Gasteiger partial charge is 0.314 e. The molecular formula is C17H23NO3. The Balaban J connectivity index is 1.84. The number of likely N-dealkylation sites (tertiary alicyclic amines) is 1. The fourth-order valence-corrected chi connectivity index (χ4v) is 3.49. The molecule has 0 radical (unpaired) electrons. The van der Waals surface area contributed by atoms with E-state index in [-0.39, 0.29) is 6.10 Å². The molecule has 1 unspecified atom stereocenters. The summed E-state index contributed by atoms with van der Waals surface area (Å²) < 4.78 is 6.18. The molecule has 1 aliphatic heterocycles. The number of carboxylic acids is 1. The minimum Gasteiger partial charge on any atom is -0.489 e. The van der Waals surface area contributed by atoms with E-state index in [0.29, 0.717) is 12.8 Å². The van der Waals surface area contributed by atoms with Gasteiger partial charge in [-0.25, -0.2) is 0 Å². The van der Waals surface area contributed by atoms with E-state index in [4.69, 9.17) is 4.74 Å². The molecule has 114 valence electrons. The number of aliphatic carboxylic acids is 1. The van der Waals surface area contributed by atoms with Crippen LogP contribution in [0.25, 0.3) is 0 Å². The Morgan fingerprint density at radius 2 is 2.10 bits per heavy atom. The van der Waals surface area contributed by atoms with E-state index in [2.05, 4.69) is 11.9 Å². The highest BCUT2D eigenvalue weighted by atomic mass is 16.5. The lowest BCUT2D eigenvalue weighted by Gasteiger charge is -2.39. The third kappa shape index (κ3) is 2.64. The van der Waals surface area contributed by atoms with Crippen molar-refractivity contribution in [2.75, 3.05) is 20.1 Å². The molecule has 1 N–H and O–H groups in total. The van der Waals surface area contributed by atoms with Crippen LogP contribution in [0.3, 0.4) is 0 Å². The number of piperidine rings is 1. The number of carboxylic acid groups (broad SMARTS) is 1. The maximum Gasteiger partial charge on any atom is 0.314 e. The highest BCUT2D eigenvalue weighted by molar-refractivity contribution is 5.83. The fourth-order valence-electron chi connectivity index (χ4n) is 3.49. The zero-order valence-corrected chi connectivity index (χ0v) is 12.5. The average Bonchev–Trinajstić information content (AvgIpc) is 2.39. The lowest BCUT2D eigenvalue weighted by atomic mass is 9.64. The molecule has 2 aliphatic rings. The van der Waals surface area contributed by atoms with Crippen LogP contribution >= 0.6 is 0 Å². The first kappa shape index (κ1) is 14.4. The van der Waals surface area contributed by atoms with Gasteiger partial charge in [0, 0.05) is 12.1 Å². The van der Waals surface area contributed by atoms with E-state index < -0.39 is 11.4 Å². The van der Waals surface area contributed by atoms with Crippen LogP contribution in [0.1, 0.15) is 37.7 Å². The van der Waals surface area contributed by atoms with Gasteiger partial charge in [0.1, 0.15) is 11.9 Å². The highest BCUT2D eigenvalue weighted by Crippen LogP contribution is 2.47. The summed E-state index contributed by atoms with van der Waals surface area (Å²) in [5, 5.41) is 9.65. The van der Waals surface area contributed by atoms with Gasteiger partial charge in [-0.2, -0.15) is 0 Å². The van der Waals surface area contributed by atoms with Crippen molar-refractivity contribution in [2.24, 2.45) is 0 Å². The Morgan fingerprint density at radius 1 is 1.33 bits per heavy atom. The quantitative estimate of drug-likeness (QED) is 0.926. The molecule has 1 aromatic carbocycles. The van der Waals surface area contributed by atoms with Gasteiger partial charge in [0.25, 0.3) is 0 Å². The first-order valence-corrected chi connectivity index (χ1v) is 7.80. The van der Waals surface area contributed by atoms with Gasteiger partial charge >= 0.3 is 5.97 Å². The first-order chi connectivity index (χ1) is 10.1. The molecule has 4 nitrogen and oxygen atoms in total. The minimum absolute atomic E-state index is 0.163. The second-order valence-electron chi connectivity index (χ2n) is 6.38. The Labute approximate surface area is 125 Å². The molecule has 21 heavy (non-hydrogen) atoms. The summed E-state index contributed by atoms with van der Waals surface area (Å²) in [4.78, 5) is 14.0. The van der Waals surface area contributed by atoms with Crippen molar-refractivity contribution in [2.45, 2.75) is 43.6 Å². The van der Waals surface area contributed by atoms with Crippen molar-refractivity contribution < 1.29 is 14.6 Å². The second kappa shape index (κ2) is 5.68. The molecule has 0 spiro atoms. The van der Waals surface area contributed by atoms with Crippen LogP contribution in [0.15, 0.2) is 24.3 Å². The summed E-state index contributed by atoms with van der Waals surface area (Å²) in [6.45, 7) is 2.02. The van der Waals surface area contributed by atoms with Crippen LogP contribution in [0.5, 0.6) is 5.75 Å². The van der Waals surface area contributed by atoms with Gasteiger partial charge in [0.05, 0.1) is 5.41 Å². The lowest BCUT2D eigenvalue weighted by Crippen LogP contribution is -2.43. The number of carbonyl (C=O) groups is 1. The van der Waals surface area contributed by atoms with E-state index >= 15 is 0 Å². The monoisotopic (exact) mass is 289 g/mol. The molecule has 0 aromatic heterocycles. The molecule has 1 aromatic rings. The van der Waals surface area contributed by atoms with Gasteiger partial charge in [-0.15, -0.1) is 0 Å². The SMILES string of the molecule is CN1CCCC(Oc2ccccc2C2(C(=O)O)CCC2)C1. The Hall–Kier alpha value is -1.55. The van der Waals surface area contributed by atoms with E-state index in [1.165, 1.54) is 0 Å². The summed E-state index contributed by atoms with van der Waals surface area (Å²) in [7, 11) is 2.10. The topological polar surface area (TPSA) is 49.8 Å². The normalized spacial score (nSPS) is 25.1. The molecule has 1 heterocycles. The number of hydrogen-bond acceptors (Lipinski definition) is 3. The van der Waals surface area contributed by atoms with Gasteiger partial charge < -0.3 is 14.7 Å². The van der Waals surface area contributed by atoms with Crippen LogP contribution in [0.2, 0.25) is 0 Å². The Bertz CT molecular complexity index is 525. The van der Waals surface area contributed by atoms with Gasteiger partial charge in [0.2, 0.25) is 0 Å². The summed E-state index contributed by atoms with van der Waals surface area (Å²) in [6.07, 6.45) is 4.75. The third-order valence-corrected chi connectivity index (χ3v) is 4.89. The van der Waals surface area contributed by atoms with Crippen molar-refractivity contribution in [3.05, 3.63) is 29.8 Å². The predicted molar refractivity (Wildman–Crippen MR) is 80.8 cm³/mol. The van der Waals surface area contributed by atoms with Crippen LogP contribution in [-0.2, 0) is 10.2 Å². The van der Waals surface area contributed by atoms with Crippen LogP contribution < -0.4 is 4.74 Å². The molecule has 3 rings (SSSR count). The molecule has 0 amide bonds. The fraction of sp³-hybridized carbons (Fsp3) is 0.588. The number of para-hydroxylation sites is 1. The Kier molecular flexibility index (Phi) is 3.89. The standard InChI is InChI=1S/C17H23NO3/c1-18-11-4-6-13(12-18)21-15-8-3-2-7-14(15)17(16(19)20)9-5-10-17/h2-3,7-8,13H,4-6,9-12H2,1H3,(H,19,20). The summed E-state index contributed by atoms with van der Waals surface area (Å²) >= 11 is 0. The molecule has 4 heteroatoms. The lowest BCUT2D eigenvalue weighted by molar-refractivity contribution is -0.147. The number of likely N-dealkylation sites (N-methyl/N-ethyl adjacent to an activating group) is 1. The van der Waals surface area contributed by atoms with Crippen LogP contribution in [0, 0.1) is 0 Å². The first-order valence-electron chi connectivity index (χ1n) is 7.80. The Morgan fingerprint density at radius 3 is 2.71 bits per heavy atom. The zero-order chi connectivity index (χ0) is 14.9. The number of ether oxygens (including phenoxy) is 1. The van der Waals surface area contributed by atoms with Crippen molar-refractivity contribution in [1.82, 2.24) is 4.90 Å². The maximum absolute atomic E-state index is 11.7. The summed E-state index contributed by atoms with van der Waals surface area (Å²) in [6, 6.07) is 7.69. The van der Waals surface area contributed by atoms with Crippen molar-refractivity contribution in [3.8, 4) is 5.75 Å². The van der Waals surface area contributed by atoms with Gasteiger partial charge in [-0.1, -0.05) is 24.6 Å². The van der Waals surface area contributed by atoms with Crippen molar-refractivity contribution in [3.63, 3.8) is 0 Å².